The van der Waals surface area contributed by atoms with Gasteiger partial charge in [-0.05, 0) is 0 Å². The summed E-state index contributed by atoms with van der Waals surface area (Å²) in [4.78, 5) is 20.1. The van der Waals surface area contributed by atoms with Gasteiger partial charge in [-0.15, -0.1) is 0 Å². The van der Waals surface area contributed by atoms with E-state index in [4.69, 9.17) is 15.1 Å². The van der Waals surface area contributed by atoms with Crippen molar-refractivity contribution in [1.82, 2.24) is 0 Å². The van der Waals surface area contributed by atoms with E-state index >= 15 is 0 Å². The third kappa shape index (κ3) is 31.4. The Morgan fingerprint density at radius 1 is 0.867 bits per heavy atom. The largest absolute Gasteiger partial charge is 1.00 e. The number of hydrogen-bond donors (Lipinski definition) is 0. The first-order valence-electron chi connectivity index (χ1n) is 2.08. The molecular weight excluding hydrogens is 421 g/mol. The van der Waals surface area contributed by atoms with Gasteiger partial charge in [0.15, 0.2) is 46.0 Å². The summed E-state index contributed by atoms with van der Waals surface area (Å²) in [6.07, 6.45) is 0. The van der Waals surface area contributed by atoms with Crippen LogP contribution in [-0.2, 0) is 15.7 Å². The maximum Gasteiger partial charge on any atom is 1.00 e. The van der Waals surface area contributed by atoms with Crippen LogP contribution in [0.4, 0.5) is 0 Å². The van der Waals surface area contributed by atoms with Gasteiger partial charge < -0.3 is 21.2 Å². The smallest absolute Gasteiger partial charge is 0.907 e. The van der Waals surface area contributed by atoms with Gasteiger partial charge in [0, 0.05) is 0 Å². The van der Waals surface area contributed by atoms with Crippen molar-refractivity contribution in [1.29, 1.82) is 0 Å². The zero-order valence-electron chi connectivity index (χ0n) is 8.19. The molecule has 0 aromatic rings. The summed E-state index contributed by atoms with van der Waals surface area (Å²) in [6, 6.07) is 0. The minimum atomic E-state index is -2.92. The summed E-state index contributed by atoms with van der Waals surface area (Å²) in [7, 11) is -2.92. The van der Waals surface area contributed by atoms with Gasteiger partial charge in [0.05, 0.1) is 0 Å². The number of carbonyl (C=O) groups excluding carboxylic acids is 2. The zero-order chi connectivity index (χ0) is 10.1. The summed E-state index contributed by atoms with van der Waals surface area (Å²) in [5, 5.41) is 25.2. The topological polar surface area (TPSA) is 122 Å². The van der Waals surface area contributed by atoms with Crippen LogP contribution in [0.1, 0.15) is 0 Å². The zero-order valence-corrected chi connectivity index (χ0v) is 12.5. The Hall–Kier alpha value is 2.14. The predicted octanol–water partition coefficient (Wildman–Crippen LogP) is -12.2. The van der Waals surface area contributed by atoms with Crippen LogP contribution in [0.2, 0.25) is 0 Å². The molecular formula is C2BI2Li3O7. The number of halogens is 2. The van der Waals surface area contributed by atoms with Crippen LogP contribution < -0.4 is 71.7 Å². The summed E-state index contributed by atoms with van der Waals surface area (Å²) >= 11 is 2.60. The van der Waals surface area contributed by atoms with Gasteiger partial charge in [-0.2, -0.15) is 0 Å². The summed E-state index contributed by atoms with van der Waals surface area (Å²) in [5.74, 6) is -2.00. The Kier molecular flexibility index (Phi) is 43.3. The van der Waals surface area contributed by atoms with Gasteiger partial charge in [-0.25, -0.2) is 9.59 Å². The Morgan fingerprint density at radius 3 is 1.07 bits per heavy atom. The van der Waals surface area contributed by atoms with E-state index in [1.54, 1.807) is 0 Å². The van der Waals surface area contributed by atoms with E-state index in [-0.39, 0.29) is 56.6 Å². The SMILES string of the molecule is O=C(OI)C(=O)OI.[Li+].[Li+].[Li+].[O-]B([O-])[O-]. The summed E-state index contributed by atoms with van der Waals surface area (Å²) in [6.45, 7) is 0. The van der Waals surface area contributed by atoms with E-state index < -0.39 is 19.3 Å². The van der Waals surface area contributed by atoms with Crippen molar-refractivity contribution in [3.05, 3.63) is 0 Å². The Bertz CT molecular complexity index is 142. The van der Waals surface area contributed by atoms with Crippen molar-refractivity contribution in [2.45, 2.75) is 0 Å². The first-order chi connectivity index (χ1) is 5.45. The second-order valence-electron chi connectivity index (χ2n) is 1.02. The van der Waals surface area contributed by atoms with Crippen molar-refractivity contribution in [2.75, 3.05) is 0 Å². The van der Waals surface area contributed by atoms with Crippen molar-refractivity contribution in [3.63, 3.8) is 0 Å². The molecule has 0 unspecified atom stereocenters. The van der Waals surface area contributed by atoms with Crippen LogP contribution in [0.3, 0.4) is 0 Å². The van der Waals surface area contributed by atoms with E-state index in [0.717, 1.165) is 0 Å². The van der Waals surface area contributed by atoms with Gasteiger partial charge in [0.1, 0.15) is 0 Å². The van der Waals surface area contributed by atoms with Crippen LogP contribution in [0.5, 0.6) is 0 Å². The molecule has 0 saturated heterocycles. The van der Waals surface area contributed by atoms with Crippen LogP contribution in [0, 0.1) is 0 Å². The molecule has 15 heavy (non-hydrogen) atoms. The molecule has 0 atom stereocenters. The average molecular weight is 421 g/mol. The predicted molar refractivity (Wildman–Crippen MR) is 46.0 cm³/mol. The maximum atomic E-state index is 10.0. The molecule has 0 aromatic carbocycles. The molecule has 0 spiro atoms. The second-order valence-corrected chi connectivity index (χ2v) is 1.90. The normalized spacial score (nSPS) is 5.93. The van der Waals surface area contributed by atoms with E-state index in [2.05, 4.69) is 6.13 Å². The van der Waals surface area contributed by atoms with Gasteiger partial charge in [-0.3, -0.25) is 7.32 Å². The summed E-state index contributed by atoms with van der Waals surface area (Å²) < 4.78 is 7.91. The van der Waals surface area contributed by atoms with Crippen molar-refractivity contribution in [2.24, 2.45) is 0 Å². The van der Waals surface area contributed by atoms with Crippen LogP contribution in [0.25, 0.3) is 0 Å². The van der Waals surface area contributed by atoms with E-state index in [0.29, 0.717) is 0 Å². The van der Waals surface area contributed by atoms with Crippen LogP contribution in [-0.4, -0.2) is 19.3 Å². The molecule has 0 rings (SSSR count). The Morgan fingerprint density at radius 2 is 1.00 bits per heavy atom. The minimum absolute atomic E-state index is 0. The molecule has 0 aromatic heterocycles. The molecule has 0 bridgehead atoms. The fraction of sp³-hybridized carbons (Fsp3) is 0. The fourth-order valence-corrected chi connectivity index (χ4v) is 0.423. The van der Waals surface area contributed by atoms with Crippen molar-refractivity contribution < 1.29 is 87.4 Å². The third-order valence-electron chi connectivity index (χ3n) is 0.307. The molecule has 7 nitrogen and oxygen atoms in total. The standard InChI is InChI=1S/C2I2O4.BO3.3Li/c3-7-1(5)2(6)8-4;2-1(3)4;;;/q;-3;3*+1. The maximum absolute atomic E-state index is 10.0. The molecule has 13 heteroatoms. The molecule has 0 aliphatic rings. The molecule has 0 aliphatic heterocycles. The average Bonchev–Trinajstić information content (AvgIpc) is 2.00. The molecule has 0 fully saturated rings. The summed E-state index contributed by atoms with van der Waals surface area (Å²) in [5.41, 5.74) is 0. The van der Waals surface area contributed by atoms with E-state index in [1.807, 2.05) is 0 Å². The van der Waals surface area contributed by atoms with Crippen molar-refractivity contribution >= 4 is 65.3 Å². The van der Waals surface area contributed by atoms with Crippen LogP contribution in [0.15, 0.2) is 0 Å². The molecule has 0 radical (unpaired) electrons. The van der Waals surface area contributed by atoms with E-state index in [1.165, 1.54) is 46.0 Å². The van der Waals surface area contributed by atoms with E-state index in [9.17, 15) is 9.59 Å². The quantitative estimate of drug-likeness (QED) is 0.216. The van der Waals surface area contributed by atoms with Crippen LogP contribution >= 0.6 is 46.0 Å². The first kappa shape index (κ1) is 30.3. The molecule has 0 aliphatic carbocycles. The van der Waals surface area contributed by atoms with Crippen molar-refractivity contribution in [3.8, 4) is 0 Å². The third-order valence-corrected chi connectivity index (χ3v) is 1.11. The number of rotatable bonds is 0. The minimum Gasteiger partial charge on any atom is -0.907 e. The fourth-order valence-electron chi connectivity index (χ4n) is 0.0630. The monoisotopic (exact) mass is 422 g/mol. The first-order valence-corrected chi connectivity index (χ1v) is 3.84. The molecule has 0 amide bonds. The molecule has 0 heterocycles. The van der Waals surface area contributed by atoms with Gasteiger partial charge in [0.2, 0.25) is 0 Å². The Labute approximate surface area is 150 Å². The van der Waals surface area contributed by atoms with Gasteiger partial charge in [0.25, 0.3) is 0 Å². The van der Waals surface area contributed by atoms with Gasteiger partial charge >= 0.3 is 68.5 Å². The number of hydrogen-bond acceptors (Lipinski definition) is 7. The second kappa shape index (κ2) is 21.4. The van der Waals surface area contributed by atoms with Gasteiger partial charge in [-0.1, -0.05) is 0 Å². The molecule has 70 valence electrons. The number of carbonyl (C=O) groups is 2. The Balaban J connectivity index is -0.0000000424. The molecule has 0 N–H and O–H groups in total. The molecule has 0 saturated carbocycles.